The molecule has 0 spiro atoms. The zero-order valence-corrected chi connectivity index (χ0v) is 64.3. The van der Waals surface area contributed by atoms with Crippen LogP contribution in [0, 0.1) is 5.92 Å². The summed E-state index contributed by atoms with van der Waals surface area (Å²) in [4.78, 5) is 72.8. The summed E-state index contributed by atoms with van der Waals surface area (Å²) in [5.74, 6) is -1.39. The highest BCUT2D eigenvalue weighted by Gasteiger charge is 2.30. The number of ether oxygens (including phenoxy) is 4. The van der Waals surface area contributed by atoms with Gasteiger partial charge in [-0.25, -0.2) is 9.13 Å². The van der Waals surface area contributed by atoms with E-state index in [1.165, 1.54) is 231 Å². The quantitative estimate of drug-likeness (QED) is 0.0222. The number of unbranched alkanes of at least 4 members (excludes halogenated alkanes) is 48. The van der Waals surface area contributed by atoms with E-state index in [1.807, 2.05) is 0 Å². The van der Waals surface area contributed by atoms with Crippen LogP contribution in [0.4, 0.5) is 0 Å². The highest BCUT2D eigenvalue weighted by molar-refractivity contribution is 7.47. The van der Waals surface area contributed by atoms with Gasteiger partial charge in [-0.1, -0.05) is 356 Å². The first-order valence-corrected chi connectivity index (χ1v) is 43.2. The molecular weight excluding hydrogens is 1260 g/mol. The number of esters is 4. The minimum atomic E-state index is -4.96. The molecular formula is C77H150O17P2. The summed E-state index contributed by atoms with van der Waals surface area (Å²) in [5, 5.41) is 10.6. The predicted octanol–water partition coefficient (Wildman–Crippen LogP) is 22.9. The van der Waals surface area contributed by atoms with Gasteiger partial charge in [-0.15, -0.1) is 0 Å². The smallest absolute Gasteiger partial charge is 0.462 e. The highest BCUT2D eigenvalue weighted by atomic mass is 31.2. The molecule has 0 aromatic carbocycles. The van der Waals surface area contributed by atoms with Gasteiger partial charge in [0.1, 0.15) is 19.3 Å². The number of rotatable bonds is 77. The molecule has 96 heavy (non-hydrogen) atoms. The lowest BCUT2D eigenvalue weighted by atomic mass is 10.00. The Morgan fingerprint density at radius 2 is 0.500 bits per heavy atom. The Kier molecular flexibility index (Phi) is 68.7. The van der Waals surface area contributed by atoms with E-state index in [9.17, 15) is 43.2 Å². The van der Waals surface area contributed by atoms with Gasteiger partial charge in [-0.05, 0) is 31.6 Å². The van der Waals surface area contributed by atoms with Crippen LogP contribution in [0.25, 0.3) is 0 Å². The molecule has 0 amide bonds. The van der Waals surface area contributed by atoms with Crippen LogP contribution < -0.4 is 0 Å². The first kappa shape index (κ1) is 94.1. The SMILES string of the molecule is CCCCCCCCCCCCCCCCCCCCC(=O)OC[C@H](COP(=O)(O)OC[C@@H](O)COP(=O)(O)OC[C@@H](COC(=O)CCCCCCCCCCCC)OC(=O)CCCCCCCCC(C)CC)OC(=O)CCCCCCCCCCCCCCCCCCCC. The first-order valence-electron chi connectivity index (χ1n) is 40.2. The van der Waals surface area contributed by atoms with Crippen molar-refractivity contribution in [1.29, 1.82) is 0 Å². The number of hydrogen-bond acceptors (Lipinski definition) is 15. The monoisotopic (exact) mass is 1410 g/mol. The number of aliphatic hydroxyl groups is 1. The van der Waals surface area contributed by atoms with E-state index in [1.54, 1.807) is 0 Å². The molecule has 0 aliphatic carbocycles. The van der Waals surface area contributed by atoms with Crippen LogP contribution in [0.2, 0.25) is 0 Å². The normalized spacial score (nSPS) is 14.2. The fourth-order valence-corrected chi connectivity index (χ4v) is 13.4. The number of phosphoric acid groups is 2. The Morgan fingerprint density at radius 3 is 0.740 bits per heavy atom. The summed E-state index contributed by atoms with van der Waals surface area (Å²) in [5.41, 5.74) is 0. The molecule has 0 aromatic heterocycles. The average Bonchev–Trinajstić information content (AvgIpc) is 1.54. The minimum Gasteiger partial charge on any atom is -0.462 e. The molecule has 570 valence electrons. The highest BCUT2D eigenvalue weighted by Crippen LogP contribution is 2.45. The maximum absolute atomic E-state index is 13.1. The zero-order valence-electron chi connectivity index (χ0n) is 62.5. The summed E-state index contributed by atoms with van der Waals surface area (Å²) >= 11 is 0. The van der Waals surface area contributed by atoms with E-state index in [-0.39, 0.29) is 25.7 Å². The molecule has 0 bridgehead atoms. The van der Waals surface area contributed by atoms with E-state index in [2.05, 4.69) is 34.6 Å². The lowest BCUT2D eigenvalue weighted by molar-refractivity contribution is -0.161. The summed E-state index contributed by atoms with van der Waals surface area (Å²) in [6.07, 6.45) is 59.8. The van der Waals surface area contributed by atoms with Crippen LogP contribution in [0.1, 0.15) is 407 Å². The van der Waals surface area contributed by atoms with E-state index >= 15 is 0 Å². The maximum Gasteiger partial charge on any atom is 0.472 e. The van der Waals surface area contributed by atoms with Gasteiger partial charge in [0.15, 0.2) is 12.2 Å². The van der Waals surface area contributed by atoms with Crippen molar-refractivity contribution in [3.05, 3.63) is 0 Å². The molecule has 0 fully saturated rings. The van der Waals surface area contributed by atoms with Crippen molar-refractivity contribution in [2.45, 2.75) is 425 Å². The van der Waals surface area contributed by atoms with Gasteiger partial charge in [-0.3, -0.25) is 37.3 Å². The molecule has 3 N–H and O–H groups in total. The number of carbonyl (C=O) groups is 4. The lowest BCUT2D eigenvalue weighted by Crippen LogP contribution is -2.30. The molecule has 0 saturated heterocycles. The van der Waals surface area contributed by atoms with Gasteiger partial charge in [0.2, 0.25) is 0 Å². The summed E-state index contributed by atoms with van der Waals surface area (Å²) < 4.78 is 68.5. The van der Waals surface area contributed by atoms with Gasteiger partial charge >= 0.3 is 39.5 Å². The van der Waals surface area contributed by atoms with Gasteiger partial charge in [0.05, 0.1) is 26.4 Å². The van der Waals surface area contributed by atoms with Crippen molar-refractivity contribution in [3.8, 4) is 0 Å². The largest absolute Gasteiger partial charge is 0.472 e. The summed E-state index contributed by atoms with van der Waals surface area (Å²) in [7, 11) is -9.91. The topological polar surface area (TPSA) is 237 Å². The van der Waals surface area contributed by atoms with Crippen LogP contribution in [-0.4, -0.2) is 96.7 Å². The predicted molar refractivity (Wildman–Crippen MR) is 391 cm³/mol. The van der Waals surface area contributed by atoms with Gasteiger partial charge in [0.25, 0.3) is 0 Å². The van der Waals surface area contributed by atoms with Crippen LogP contribution >= 0.6 is 15.6 Å². The zero-order chi connectivity index (χ0) is 70.5. The molecule has 0 aliphatic rings. The van der Waals surface area contributed by atoms with Crippen molar-refractivity contribution in [2.75, 3.05) is 39.6 Å². The molecule has 19 heteroatoms. The molecule has 0 saturated carbocycles. The van der Waals surface area contributed by atoms with Crippen LogP contribution in [-0.2, 0) is 65.4 Å². The fourth-order valence-electron chi connectivity index (χ4n) is 11.8. The van der Waals surface area contributed by atoms with E-state index in [4.69, 9.17) is 37.0 Å². The van der Waals surface area contributed by atoms with E-state index < -0.39 is 97.5 Å². The van der Waals surface area contributed by atoms with Crippen molar-refractivity contribution in [1.82, 2.24) is 0 Å². The van der Waals surface area contributed by atoms with Crippen LogP contribution in [0.5, 0.6) is 0 Å². The van der Waals surface area contributed by atoms with Gasteiger partial charge < -0.3 is 33.8 Å². The Labute approximate surface area is 588 Å². The fraction of sp³-hybridized carbons (Fsp3) is 0.948. The Bertz CT molecular complexity index is 1840. The van der Waals surface area contributed by atoms with Crippen molar-refractivity contribution in [3.63, 3.8) is 0 Å². The third kappa shape index (κ3) is 69.2. The number of carbonyl (C=O) groups excluding carboxylic acids is 4. The van der Waals surface area contributed by atoms with Gasteiger partial charge in [-0.2, -0.15) is 0 Å². The van der Waals surface area contributed by atoms with E-state index in [0.717, 1.165) is 95.8 Å². The maximum atomic E-state index is 13.1. The third-order valence-electron chi connectivity index (χ3n) is 18.4. The molecule has 3 unspecified atom stereocenters. The van der Waals surface area contributed by atoms with Crippen LogP contribution in [0.15, 0.2) is 0 Å². The number of phosphoric ester groups is 2. The molecule has 0 rings (SSSR count). The lowest BCUT2D eigenvalue weighted by Gasteiger charge is -2.21. The Balaban J connectivity index is 5.21. The second-order valence-corrected chi connectivity index (χ2v) is 30.9. The molecule has 0 radical (unpaired) electrons. The second-order valence-electron chi connectivity index (χ2n) is 28.0. The first-order chi connectivity index (χ1) is 46.6. The average molecular weight is 1410 g/mol. The van der Waals surface area contributed by atoms with Gasteiger partial charge in [0, 0.05) is 25.7 Å². The molecule has 0 aromatic rings. The van der Waals surface area contributed by atoms with E-state index in [0.29, 0.717) is 25.7 Å². The summed E-state index contributed by atoms with van der Waals surface area (Å²) in [6, 6.07) is 0. The van der Waals surface area contributed by atoms with Crippen LogP contribution in [0.3, 0.4) is 0 Å². The number of aliphatic hydroxyl groups excluding tert-OH is 1. The third-order valence-corrected chi connectivity index (χ3v) is 20.3. The second kappa shape index (κ2) is 70.1. The Morgan fingerprint density at radius 1 is 0.292 bits per heavy atom. The number of hydrogen-bond donors (Lipinski definition) is 3. The molecule has 17 nitrogen and oxygen atoms in total. The minimum absolute atomic E-state index is 0.104. The Hall–Kier alpha value is -1.94. The van der Waals surface area contributed by atoms with Crippen molar-refractivity contribution >= 4 is 39.5 Å². The van der Waals surface area contributed by atoms with Crippen molar-refractivity contribution < 1.29 is 80.2 Å². The molecule has 0 heterocycles. The summed E-state index contributed by atoms with van der Waals surface area (Å²) in [6.45, 7) is 7.24. The van der Waals surface area contributed by atoms with Crippen molar-refractivity contribution in [2.24, 2.45) is 5.92 Å². The molecule has 6 atom stereocenters. The standard InChI is InChI=1S/C77H150O17P2/c1-6-10-13-16-19-22-25-27-29-31-33-35-37-39-42-45-51-56-61-75(80)87-66-72(93-76(81)62-57-52-46-43-40-38-36-34-32-30-28-26-23-20-17-14-11-7-2)68-91-95(83,84)89-64-71(78)65-90-96(85,86)92-69-73(94-77(82)63-58-53-48-47-49-54-59-70(5)9-4)67-88-74(79)60-55-50-44-41-24-21-18-15-12-8-3/h70-73,78H,6-69H2,1-5H3,(H,83,84)(H,85,86)/t70?,71-,72-,73-/m1/s1. The molecule has 0 aliphatic heterocycles.